The second-order valence-corrected chi connectivity index (χ2v) is 8.32. The fourth-order valence-corrected chi connectivity index (χ4v) is 4.75. The molecule has 0 atom stereocenters. The highest BCUT2D eigenvalue weighted by Crippen LogP contribution is 2.39. The summed E-state index contributed by atoms with van der Waals surface area (Å²) in [6, 6.07) is 6.93. The molecular formula is C20H20F3N3O2S. The number of aliphatic hydroxyl groups is 1. The molecule has 1 aliphatic carbocycles. The van der Waals surface area contributed by atoms with E-state index in [1.54, 1.807) is 30.1 Å². The van der Waals surface area contributed by atoms with Crippen molar-refractivity contribution in [3.63, 3.8) is 0 Å². The molecule has 0 unspecified atom stereocenters. The first-order valence-electron chi connectivity index (χ1n) is 9.37. The van der Waals surface area contributed by atoms with Crippen LogP contribution in [0.2, 0.25) is 0 Å². The average molecular weight is 423 g/mol. The number of halogens is 3. The SMILES string of the molecule is O=C(Nc1cc(F)c(F)c(F)c1)c1ccc2c(c1)SN(C1CCC(O)CC1)CN2. The summed E-state index contributed by atoms with van der Waals surface area (Å²) in [5.41, 5.74) is 1.07. The predicted molar refractivity (Wildman–Crippen MR) is 105 cm³/mol. The highest BCUT2D eigenvalue weighted by molar-refractivity contribution is 7.97. The first kappa shape index (κ1) is 20.1. The van der Waals surface area contributed by atoms with Crippen molar-refractivity contribution >= 4 is 29.2 Å². The minimum Gasteiger partial charge on any atom is -0.393 e. The Morgan fingerprint density at radius 2 is 1.79 bits per heavy atom. The Bertz CT molecular complexity index is 912. The van der Waals surface area contributed by atoms with Crippen LogP contribution in [0.15, 0.2) is 35.2 Å². The molecule has 2 aromatic carbocycles. The van der Waals surface area contributed by atoms with Crippen molar-refractivity contribution in [3.05, 3.63) is 53.3 Å². The van der Waals surface area contributed by atoms with Crippen molar-refractivity contribution in [2.45, 2.75) is 42.7 Å². The topological polar surface area (TPSA) is 64.6 Å². The second-order valence-electron chi connectivity index (χ2n) is 7.22. The maximum absolute atomic E-state index is 13.4. The van der Waals surface area contributed by atoms with Crippen molar-refractivity contribution in [1.29, 1.82) is 0 Å². The number of rotatable bonds is 3. The number of carbonyl (C=O) groups excluding carboxylic acids is 1. The van der Waals surface area contributed by atoms with Gasteiger partial charge in [-0.2, -0.15) is 0 Å². The van der Waals surface area contributed by atoms with Crippen LogP contribution >= 0.6 is 11.9 Å². The molecule has 9 heteroatoms. The quantitative estimate of drug-likeness (QED) is 0.506. The third-order valence-corrected chi connectivity index (χ3v) is 6.40. The van der Waals surface area contributed by atoms with Crippen molar-refractivity contribution in [3.8, 4) is 0 Å². The van der Waals surface area contributed by atoms with E-state index in [9.17, 15) is 23.1 Å². The summed E-state index contributed by atoms with van der Waals surface area (Å²) in [6.45, 7) is 0.665. The van der Waals surface area contributed by atoms with Gasteiger partial charge in [-0.1, -0.05) is 0 Å². The number of nitrogens with one attached hydrogen (secondary N) is 2. The number of amides is 1. The zero-order valence-electron chi connectivity index (χ0n) is 15.4. The van der Waals surface area contributed by atoms with Gasteiger partial charge in [0.1, 0.15) is 0 Å². The molecule has 0 saturated heterocycles. The molecule has 1 saturated carbocycles. The molecule has 3 N–H and O–H groups in total. The lowest BCUT2D eigenvalue weighted by atomic mass is 9.93. The highest BCUT2D eigenvalue weighted by Gasteiger charge is 2.28. The molecule has 1 aliphatic heterocycles. The maximum Gasteiger partial charge on any atom is 0.255 e. The molecule has 0 aromatic heterocycles. The van der Waals surface area contributed by atoms with Gasteiger partial charge in [0.2, 0.25) is 0 Å². The van der Waals surface area contributed by atoms with E-state index >= 15 is 0 Å². The lowest BCUT2D eigenvalue weighted by molar-refractivity contribution is 0.102. The molecular weight excluding hydrogens is 403 g/mol. The fourth-order valence-electron chi connectivity index (χ4n) is 3.59. The number of carbonyl (C=O) groups is 1. The van der Waals surface area contributed by atoms with E-state index in [0.29, 0.717) is 18.3 Å². The van der Waals surface area contributed by atoms with Crippen LogP contribution in [0.1, 0.15) is 36.0 Å². The van der Waals surface area contributed by atoms with Crippen LogP contribution in [0, 0.1) is 17.5 Å². The highest BCUT2D eigenvalue weighted by atomic mass is 32.2. The zero-order chi connectivity index (χ0) is 20.5. The van der Waals surface area contributed by atoms with Gasteiger partial charge in [0.15, 0.2) is 17.5 Å². The molecule has 0 radical (unpaired) electrons. The van der Waals surface area contributed by atoms with E-state index in [1.165, 1.54) is 0 Å². The Morgan fingerprint density at radius 3 is 2.48 bits per heavy atom. The summed E-state index contributed by atoms with van der Waals surface area (Å²) in [6.07, 6.45) is 3.15. The molecule has 5 nitrogen and oxygen atoms in total. The molecule has 2 aliphatic rings. The summed E-state index contributed by atoms with van der Waals surface area (Å²) >= 11 is 1.55. The van der Waals surface area contributed by atoms with Crippen LogP contribution in [-0.4, -0.2) is 34.1 Å². The number of aliphatic hydroxyl groups excluding tert-OH is 1. The Balaban J connectivity index is 1.48. The Morgan fingerprint density at radius 1 is 1.10 bits per heavy atom. The summed E-state index contributed by atoms with van der Waals surface area (Å²) in [5.74, 6) is -4.84. The Kier molecular flexibility index (Phi) is 5.71. The van der Waals surface area contributed by atoms with E-state index in [4.69, 9.17) is 0 Å². The van der Waals surface area contributed by atoms with Crippen LogP contribution in [-0.2, 0) is 0 Å². The Hall–Kier alpha value is -2.23. The predicted octanol–water partition coefficient (Wildman–Crippen LogP) is 4.35. The average Bonchev–Trinajstić information content (AvgIpc) is 2.71. The van der Waals surface area contributed by atoms with Crippen LogP contribution in [0.25, 0.3) is 0 Å². The van der Waals surface area contributed by atoms with Crippen molar-refractivity contribution < 1.29 is 23.1 Å². The van der Waals surface area contributed by atoms with Gasteiger partial charge in [-0.05, 0) is 55.8 Å². The molecule has 0 bridgehead atoms. The van der Waals surface area contributed by atoms with Gasteiger partial charge in [0, 0.05) is 34.3 Å². The number of hydrogen-bond donors (Lipinski definition) is 3. The van der Waals surface area contributed by atoms with E-state index in [1.807, 2.05) is 0 Å². The lowest BCUT2D eigenvalue weighted by Gasteiger charge is -2.37. The maximum atomic E-state index is 13.4. The number of fused-ring (bicyclic) bond motifs is 1. The minimum absolute atomic E-state index is 0.155. The van der Waals surface area contributed by atoms with Crippen LogP contribution in [0.5, 0.6) is 0 Å². The standard InChI is InChI=1S/C20H20F3N3O2S/c21-15-8-12(9-16(22)19(15)23)25-20(28)11-1-6-17-18(7-11)29-26(10-24-17)13-2-4-14(27)5-3-13/h1,6-9,13-14,24,27H,2-5,10H2,(H,25,28). The van der Waals surface area contributed by atoms with E-state index < -0.39 is 23.4 Å². The summed E-state index contributed by atoms with van der Waals surface area (Å²) in [7, 11) is 0. The van der Waals surface area contributed by atoms with Gasteiger partial charge in [-0.3, -0.25) is 4.79 Å². The number of nitrogens with zero attached hydrogens (tertiary/aromatic N) is 1. The first-order valence-corrected chi connectivity index (χ1v) is 10.1. The normalized spacial score (nSPS) is 21.9. The van der Waals surface area contributed by atoms with E-state index in [0.717, 1.165) is 48.4 Å². The molecule has 4 rings (SSSR count). The van der Waals surface area contributed by atoms with E-state index in [-0.39, 0.29) is 11.8 Å². The number of anilines is 2. The molecule has 0 spiro atoms. The molecule has 29 heavy (non-hydrogen) atoms. The smallest absolute Gasteiger partial charge is 0.255 e. The molecule has 154 valence electrons. The number of hydrogen-bond acceptors (Lipinski definition) is 5. The van der Waals surface area contributed by atoms with Crippen LogP contribution < -0.4 is 10.6 Å². The van der Waals surface area contributed by atoms with Crippen LogP contribution in [0.3, 0.4) is 0 Å². The lowest BCUT2D eigenvalue weighted by Crippen LogP contribution is -2.39. The van der Waals surface area contributed by atoms with Gasteiger partial charge < -0.3 is 15.7 Å². The van der Waals surface area contributed by atoms with Crippen molar-refractivity contribution in [1.82, 2.24) is 4.31 Å². The first-order chi connectivity index (χ1) is 13.9. The van der Waals surface area contributed by atoms with Gasteiger partial charge in [0.25, 0.3) is 5.91 Å². The molecule has 1 heterocycles. The number of benzene rings is 2. The third kappa shape index (κ3) is 4.36. The van der Waals surface area contributed by atoms with Gasteiger partial charge in [-0.25, -0.2) is 17.5 Å². The molecule has 1 amide bonds. The second kappa shape index (κ2) is 8.25. The largest absolute Gasteiger partial charge is 0.393 e. The van der Waals surface area contributed by atoms with Gasteiger partial charge in [0.05, 0.1) is 18.5 Å². The van der Waals surface area contributed by atoms with Gasteiger partial charge >= 0.3 is 0 Å². The van der Waals surface area contributed by atoms with E-state index in [2.05, 4.69) is 14.9 Å². The summed E-state index contributed by atoms with van der Waals surface area (Å²) in [5, 5.41) is 15.4. The summed E-state index contributed by atoms with van der Waals surface area (Å²) < 4.78 is 42.0. The van der Waals surface area contributed by atoms with Crippen molar-refractivity contribution in [2.24, 2.45) is 0 Å². The van der Waals surface area contributed by atoms with Gasteiger partial charge in [-0.15, -0.1) is 0 Å². The minimum atomic E-state index is -1.57. The molecule has 2 aromatic rings. The molecule has 1 fully saturated rings. The van der Waals surface area contributed by atoms with Crippen molar-refractivity contribution in [2.75, 3.05) is 17.3 Å². The monoisotopic (exact) mass is 423 g/mol. The summed E-state index contributed by atoms with van der Waals surface area (Å²) in [4.78, 5) is 13.4. The van der Waals surface area contributed by atoms with Crippen LogP contribution in [0.4, 0.5) is 24.5 Å². The fraction of sp³-hybridized carbons (Fsp3) is 0.350. The third-order valence-electron chi connectivity index (χ3n) is 5.20. The zero-order valence-corrected chi connectivity index (χ0v) is 16.2. The Labute approximate surface area is 170 Å².